The number of nitrogens with zero attached hydrogens (tertiary/aromatic N) is 2. The summed E-state index contributed by atoms with van der Waals surface area (Å²) in [6.45, 7) is 4.73. The Bertz CT molecular complexity index is 346. The van der Waals surface area contributed by atoms with E-state index in [0.29, 0.717) is 6.42 Å². The van der Waals surface area contributed by atoms with Gasteiger partial charge in [-0.1, -0.05) is 6.92 Å². The maximum absolute atomic E-state index is 10.6. The molecule has 0 amide bonds. The normalized spacial score (nSPS) is 12.7. The van der Waals surface area contributed by atoms with Gasteiger partial charge < -0.3 is 10.8 Å². The van der Waals surface area contributed by atoms with Crippen LogP contribution in [-0.4, -0.2) is 26.9 Å². The quantitative estimate of drug-likeness (QED) is 0.739. The van der Waals surface area contributed by atoms with Crippen LogP contribution in [0.25, 0.3) is 0 Å². The molecule has 0 radical (unpaired) electrons. The Morgan fingerprint density at radius 3 is 2.80 bits per heavy atom. The summed E-state index contributed by atoms with van der Waals surface area (Å²) in [5, 5.41) is 13.0. The second-order valence-corrected chi connectivity index (χ2v) is 3.45. The van der Waals surface area contributed by atoms with Crippen LogP contribution in [0, 0.1) is 0 Å². The number of carboxylic acids is 1. The molecule has 0 saturated carbocycles. The molecule has 5 nitrogen and oxygen atoms in total. The van der Waals surface area contributed by atoms with Gasteiger partial charge >= 0.3 is 5.97 Å². The minimum Gasteiger partial charge on any atom is -0.480 e. The maximum atomic E-state index is 10.6. The van der Waals surface area contributed by atoms with E-state index in [1.807, 2.05) is 24.6 Å². The number of carbonyl (C=O) groups is 1. The van der Waals surface area contributed by atoms with Crippen molar-refractivity contribution in [1.29, 1.82) is 0 Å². The second kappa shape index (κ2) is 4.93. The molecule has 1 aromatic heterocycles. The summed E-state index contributed by atoms with van der Waals surface area (Å²) in [6.07, 6.45) is 1.18. The molecular formula is C10H17N3O2. The first-order valence-corrected chi connectivity index (χ1v) is 5.12. The van der Waals surface area contributed by atoms with Gasteiger partial charge in [-0.15, -0.1) is 0 Å². The average molecular weight is 211 g/mol. The lowest BCUT2D eigenvalue weighted by Crippen LogP contribution is -2.33. The minimum atomic E-state index is -0.975. The van der Waals surface area contributed by atoms with Gasteiger partial charge in [0, 0.05) is 18.7 Å². The van der Waals surface area contributed by atoms with Crippen molar-refractivity contribution < 1.29 is 9.90 Å². The Labute approximate surface area is 88.9 Å². The molecule has 0 aromatic carbocycles. The van der Waals surface area contributed by atoms with Gasteiger partial charge in [0.25, 0.3) is 0 Å². The molecule has 84 valence electrons. The van der Waals surface area contributed by atoms with E-state index in [1.165, 1.54) is 0 Å². The highest BCUT2D eigenvalue weighted by Gasteiger charge is 2.15. The van der Waals surface area contributed by atoms with E-state index < -0.39 is 12.0 Å². The number of aliphatic carboxylic acids is 1. The van der Waals surface area contributed by atoms with Crippen molar-refractivity contribution in [3.05, 3.63) is 17.5 Å². The van der Waals surface area contributed by atoms with Gasteiger partial charge in [0.1, 0.15) is 6.04 Å². The first-order chi connectivity index (χ1) is 7.08. The first kappa shape index (κ1) is 11.7. The summed E-state index contributed by atoms with van der Waals surface area (Å²) in [7, 11) is 0. The third kappa shape index (κ3) is 2.79. The molecule has 1 aromatic rings. The molecule has 0 fully saturated rings. The Morgan fingerprint density at radius 2 is 2.33 bits per heavy atom. The highest BCUT2D eigenvalue weighted by molar-refractivity contribution is 5.73. The van der Waals surface area contributed by atoms with Crippen molar-refractivity contribution in [1.82, 2.24) is 9.78 Å². The van der Waals surface area contributed by atoms with E-state index in [2.05, 4.69) is 5.10 Å². The molecule has 1 rings (SSSR count). The number of aromatic nitrogens is 2. The number of aryl methyl sites for hydroxylation is 2. The van der Waals surface area contributed by atoms with Crippen LogP contribution < -0.4 is 5.73 Å². The zero-order valence-corrected chi connectivity index (χ0v) is 9.10. The zero-order chi connectivity index (χ0) is 11.4. The fourth-order valence-electron chi connectivity index (χ4n) is 1.44. The second-order valence-electron chi connectivity index (χ2n) is 3.45. The van der Waals surface area contributed by atoms with Gasteiger partial charge in [-0.25, -0.2) is 0 Å². The van der Waals surface area contributed by atoms with Crippen LogP contribution in [0.1, 0.15) is 25.2 Å². The average Bonchev–Trinajstić information content (AvgIpc) is 2.60. The lowest BCUT2D eigenvalue weighted by Gasteiger charge is -2.07. The third-order valence-corrected chi connectivity index (χ3v) is 2.32. The van der Waals surface area contributed by atoms with Crippen LogP contribution in [-0.2, 0) is 24.2 Å². The van der Waals surface area contributed by atoms with Crippen molar-refractivity contribution in [3.63, 3.8) is 0 Å². The predicted octanol–water partition coefficient (Wildman–Crippen LogP) is 0.420. The summed E-state index contributed by atoms with van der Waals surface area (Å²) in [5.41, 5.74) is 7.35. The van der Waals surface area contributed by atoms with Gasteiger partial charge in [-0.3, -0.25) is 9.48 Å². The molecule has 0 bridgehead atoms. The summed E-state index contributed by atoms with van der Waals surface area (Å²) in [5.74, 6) is -0.975. The molecule has 5 heteroatoms. The Balaban J connectivity index is 2.83. The number of carboxylic acid groups (broad SMARTS) is 1. The van der Waals surface area contributed by atoms with E-state index in [4.69, 9.17) is 10.8 Å². The Hall–Kier alpha value is -1.36. The first-order valence-electron chi connectivity index (χ1n) is 5.12. The maximum Gasteiger partial charge on any atom is 0.320 e. The van der Waals surface area contributed by atoms with Crippen molar-refractivity contribution in [2.75, 3.05) is 0 Å². The van der Waals surface area contributed by atoms with Crippen LogP contribution in [0.2, 0.25) is 0 Å². The largest absolute Gasteiger partial charge is 0.480 e. The monoisotopic (exact) mass is 211 g/mol. The van der Waals surface area contributed by atoms with Crippen LogP contribution in [0.3, 0.4) is 0 Å². The van der Waals surface area contributed by atoms with E-state index in [-0.39, 0.29) is 0 Å². The van der Waals surface area contributed by atoms with E-state index >= 15 is 0 Å². The molecule has 1 heterocycles. The predicted molar refractivity (Wildman–Crippen MR) is 56.6 cm³/mol. The Morgan fingerprint density at radius 1 is 1.67 bits per heavy atom. The van der Waals surface area contributed by atoms with Crippen LogP contribution >= 0.6 is 0 Å². The molecule has 0 spiro atoms. The topological polar surface area (TPSA) is 81.1 Å². The van der Waals surface area contributed by atoms with Crippen LogP contribution in [0.4, 0.5) is 0 Å². The SMILES string of the molecule is CCc1cc(CC(N)C(=O)O)n(CC)n1. The third-order valence-electron chi connectivity index (χ3n) is 2.32. The van der Waals surface area contributed by atoms with Gasteiger partial charge in [0.2, 0.25) is 0 Å². The molecule has 0 aliphatic heterocycles. The standard InChI is InChI=1S/C10H17N3O2/c1-3-7-5-8(13(4-2)12-7)6-9(11)10(14)15/h5,9H,3-4,6,11H2,1-2H3,(H,14,15). The molecule has 0 aliphatic rings. The van der Waals surface area contributed by atoms with Crippen molar-refractivity contribution >= 4 is 5.97 Å². The lowest BCUT2D eigenvalue weighted by molar-refractivity contribution is -0.138. The van der Waals surface area contributed by atoms with E-state index in [1.54, 1.807) is 0 Å². The fraction of sp³-hybridized carbons (Fsp3) is 0.600. The summed E-state index contributed by atoms with van der Waals surface area (Å²) >= 11 is 0. The fourth-order valence-corrected chi connectivity index (χ4v) is 1.44. The number of hydrogen-bond acceptors (Lipinski definition) is 3. The number of nitrogens with two attached hydrogens (primary N) is 1. The highest BCUT2D eigenvalue weighted by Crippen LogP contribution is 2.07. The lowest BCUT2D eigenvalue weighted by atomic mass is 10.1. The van der Waals surface area contributed by atoms with Gasteiger partial charge in [0.05, 0.1) is 5.69 Å². The molecular weight excluding hydrogens is 194 g/mol. The van der Waals surface area contributed by atoms with Crippen LogP contribution in [0.5, 0.6) is 0 Å². The highest BCUT2D eigenvalue weighted by atomic mass is 16.4. The molecule has 15 heavy (non-hydrogen) atoms. The molecule has 3 N–H and O–H groups in total. The van der Waals surface area contributed by atoms with Crippen molar-refractivity contribution in [2.24, 2.45) is 5.73 Å². The number of rotatable bonds is 5. The van der Waals surface area contributed by atoms with E-state index in [0.717, 1.165) is 24.4 Å². The summed E-state index contributed by atoms with van der Waals surface area (Å²) in [6, 6.07) is 1.07. The minimum absolute atomic E-state index is 0.330. The van der Waals surface area contributed by atoms with Gasteiger partial charge in [-0.05, 0) is 19.4 Å². The van der Waals surface area contributed by atoms with Crippen molar-refractivity contribution in [3.8, 4) is 0 Å². The summed E-state index contributed by atoms with van der Waals surface area (Å²) in [4.78, 5) is 10.6. The summed E-state index contributed by atoms with van der Waals surface area (Å²) < 4.78 is 1.81. The van der Waals surface area contributed by atoms with Crippen LogP contribution in [0.15, 0.2) is 6.07 Å². The molecule has 1 atom stereocenters. The Kier molecular flexibility index (Phi) is 3.85. The smallest absolute Gasteiger partial charge is 0.320 e. The zero-order valence-electron chi connectivity index (χ0n) is 9.10. The van der Waals surface area contributed by atoms with Gasteiger partial charge in [0.15, 0.2) is 0 Å². The van der Waals surface area contributed by atoms with Gasteiger partial charge in [-0.2, -0.15) is 5.10 Å². The number of hydrogen-bond donors (Lipinski definition) is 2. The van der Waals surface area contributed by atoms with Crippen molar-refractivity contribution in [2.45, 2.75) is 39.3 Å². The molecule has 0 saturated heterocycles. The molecule has 1 unspecified atom stereocenters. The molecule has 0 aliphatic carbocycles. The van der Waals surface area contributed by atoms with E-state index in [9.17, 15) is 4.79 Å².